The number of ether oxygens (including phenoxy) is 1. The Kier molecular flexibility index (Phi) is 4.35. The Labute approximate surface area is 118 Å². The minimum Gasteiger partial charge on any atom is -0.399 e. The van der Waals surface area contributed by atoms with Crippen molar-refractivity contribution in [3.05, 3.63) is 28.8 Å². The second-order valence-electron chi connectivity index (χ2n) is 4.62. The zero-order valence-corrected chi connectivity index (χ0v) is 12.2. The van der Waals surface area contributed by atoms with E-state index in [1.54, 1.807) is 25.1 Å². The van der Waals surface area contributed by atoms with Gasteiger partial charge in [0.2, 0.25) is 10.0 Å². The SMILES string of the molecule is C[C@H]1OCC[C@@H]1S(=O)(=O)NCc1ccc(N)cc1Cl. The van der Waals surface area contributed by atoms with E-state index in [1.807, 2.05) is 0 Å². The van der Waals surface area contributed by atoms with Crippen LogP contribution in [0, 0.1) is 0 Å². The summed E-state index contributed by atoms with van der Waals surface area (Å²) in [6.07, 6.45) is 0.241. The van der Waals surface area contributed by atoms with Gasteiger partial charge in [-0.15, -0.1) is 0 Å². The van der Waals surface area contributed by atoms with Crippen molar-refractivity contribution in [2.24, 2.45) is 0 Å². The Morgan fingerprint density at radius 2 is 2.26 bits per heavy atom. The lowest BCUT2D eigenvalue weighted by Gasteiger charge is -2.16. The lowest BCUT2D eigenvalue weighted by Crippen LogP contribution is -2.37. The van der Waals surface area contributed by atoms with Gasteiger partial charge in [-0.1, -0.05) is 17.7 Å². The third-order valence-electron chi connectivity index (χ3n) is 3.25. The van der Waals surface area contributed by atoms with Crippen molar-refractivity contribution in [2.45, 2.75) is 31.2 Å². The lowest BCUT2D eigenvalue weighted by atomic mass is 10.2. The summed E-state index contributed by atoms with van der Waals surface area (Å²) in [7, 11) is -3.40. The van der Waals surface area contributed by atoms with Crippen LogP contribution in [-0.4, -0.2) is 26.4 Å². The number of hydrogen-bond acceptors (Lipinski definition) is 4. The topological polar surface area (TPSA) is 81.4 Å². The average Bonchev–Trinajstić information content (AvgIpc) is 2.75. The summed E-state index contributed by atoms with van der Waals surface area (Å²) in [5.41, 5.74) is 6.84. The van der Waals surface area contributed by atoms with Gasteiger partial charge in [-0.2, -0.15) is 0 Å². The Bertz CT molecular complexity index is 562. The molecule has 0 radical (unpaired) electrons. The number of sulfonamides is 1. The predicted molar refractivity (Wildman–Crippen MR) is 75.4 cm³/mol. The van der Waals surface area contributed by atoms with Gasteiger partial charge in [0.25, 0.3) is 0 Å². The quantitative estimate of drug-likeness (QED) is 0.826. The Morgan fingerprint density at radius 3 is 2.84 bits per heavy atom. The lowest BCUT2D eigenvalue weighted by molar-refractivity contribution is 0.126. The van der Waals surface area contributed by atoms with Crippen molar-refractivity contribution >= 4 is 27.3 Å². The molecule has 5 nitrogen and oxygen atoms in total. The van der Waals surface area contributed by atoms with Crippen LogP contribution in [0.5, 0.6) is 0 Å². The Hall–Kier alpha value is -0.820. The fraction of sp³-hybridized carbons (Fsp3) is 0.500. The second kappa shape index (κ2) is 5.66. The van der Waals surface area contributed by atoms with Gasteiger partial charge in [-0.05, 0) is 31.0 Å². The maximum absolute atomic E-state index is 12.1. The fourth-order valence-electron chi connectivity index (χ4n) is 2.11. The molecular weight excluding hydrogens is 288 g/mol. The number of anilines is 1. The van der Waals surface area contributed by atoms with Crippen LogP contribution in [0.15, 0.2) is 18.2 Å². The summed E-state index contributed by atoms with van der Waals surface area (Å²) < 4.78 is 32.1. The molecule has 0 aliphatic carbocycles. The first kappa shape index (κ1) is 14.6. The Morgan fingerprint density at radius 1 is 1.53 bits per heavy atom. The molecule has 0 bridgehead atoms. The van der Waals surface area contributed by atoms with Gasteiger partial charge in [0.15, 0.2) is 0 Å². The van der Waals surface area contributed by atoms with E-state index in [0.29, 0.717) is 29.3 Å². The van der Waals surface area contributed by atoms with E-state index in [1.165, 1.54) is 0 Å². The molecule has 7 heteroatoms. The fourth-order valence-corrected chi connectivity index (χ4v) is 3.93. The highest BCUT2D eigenvalue weighted by Gasteiger charge is 2.35. The summed E-state index contributed by atoms with van der Waals surface area (Å²) in [5, 5.41) is -0.0431. The van der Waals surface area contributed by atoms with Crippen LogP contribution in [0.1, 0.15) is 18.9 Å². The van der Waals surface area contributed by atoms with Crippen LogP contribution in [0.3, 0.4) is 0 Å². The zero-order valence-electron chi connectivity index (χ0n) is 10.6. The van der Waals surface area contributed by atoms with Crippen molar-refractivity contribution in [1.82, 2.24) is 4.72 Å². The van der Waals surface area contributed by atoms with Gasteiger partial charge < -0.3 is 10.5 Å². The maximum atomic E-state index is 12.1. The summed E-state index contributed by atoms with van der Waals surface area (Å²) in [4.78, 5) is 0. The van der Waals surface area contributed by atoms with Gasteiger partial charge in [-0.25, -0.2) is 13.1 Å². The van der Waals surface area contributed by atoms with Crippen LogP contribution in [0.2, 0.25) is 5.02 Å². The molecule has 0 aromatic heterocycles. The van der Waals surface area contributed by atoms with Crippen molar-refractivity contribution in [3.8, 4) is 0 Å². The number of hydrogen-bond donors (Lipinski definition) is 2. The van der Waals surface area contributed by atoms with Crippen molar-refractivity contribution in [2.75, 3.05) is 12.3 Å². The molecule has 1 saturated heterocycles. The molecule has 0 amide bonds. The van der Waals surface area contributed by atoms with E-state index in [-0.39, 0.29) is 12.6 Å². The molecule has 0 spiro atoms. The van der Waals surface area contributed by atoms with E-state index in [0.717, 1.165) is 0 Å². The number of halogens is 1. The van der Waals surface area contributed by atoms with Crippen molar-refractivity contribution < 1.29 is 13.2 Å². The summed E-state index contributed by atoms with van der Waals surface area (Å²) in [6, 6.07) is 5.01. The number of nitrogen functional groups attached to an aromatic ring is 1. The predicted octanol–water partition coefficient (Wildman–Crippen LogP) is 1.52. The van der Waals surface area contributed by atoms with Gasteiger partial charge >= 0.3 is 0 Å². The number of rotatable bonds is 4. The highest BCUT2D eigenvalue weighted by Crippen LogP contribution is 2.22. The first-order valence-electron chi connectivity index (χ1n) is 6.04. The molecule has 3 N–H and O–H groups in total. The smallest absolute Gasteiger partial charge is 0.217 e. The van der Waals surface area contributed by atoms with Gasteiger partial charge in [0.05, 0.1) is 6.10 Å². The molecule has 1 aliphatic heterocycles. The Balaban J connectivity index is 2.05. The van der Waals surface area contributed by atoms with E-state index >= 15 is 0 Å². The number of nitrogens with two attached hydrogens (primary N) is 1. The first-order chi connectivity index (χ1) is 8.90. The van der Waals surface area contributed by atoms with Gasteiger partial charge in [-0.3, -0.25) is 0 Å². The average molecular weight is 305 g/mol. The second-order valence-corrected chi connectivity index (χ2v) is 7.01. The minimum atomic E-state index is -3.40. The van der Waals surface area contributed by atoms with Crippen LogP contribution >= 0.6 is 11.6 Å². The highest BCUT2D eigenvalue weighted by atomic mass is 35.5. The molecule has 106 valence electrons. The number of benzene rings is 1. The molecule has 1 aromatic carbocycles. The molecule has 1 heterocycles. The van der Waals surface area contributed by atoms with Crippen LogP contribution in [0.25, 0.3) is 0 Å². The van der Waals surface area contributed by atoms with E-state index in [2.05, 4.69) is 4.72 Å². The van der Waals surface area contributed by atoms with Crippen molar-refractivity contribution in [1.29, 1.82) is 0 Å². The third-order valence-corrected chi connectivity index (χ3v) is 5.56. The zero-order chi connectivity index (χ0) is 14.0. The first-order valence-corrected chi connectivity index (χ1v) is 7.96. The van der Waals surface area contributed by atoms with Crippen molar-refractivity contribution in [3.63, 3.8) is 0 Å². The molecule has 2 atom stereocenters. The largest absolute Gasteiger partial charge is 0.399 e. The monoisotopic (exact) mass is 304 g/mol. The van der Waals surface area contributed by atoms with Gasteiger partial charge in [0.1, 0.15) is 5.25 Å². The third kappa shape index (κ3) is 3.39. The van der Waals surface area contributed by atoms with Crippen LogP contribution in [0.4, 0.5) is 5.69 Å². The van der Waals surface area contributed by atoms with E-state index < -0.39 is 15.3 Å². The minimum absolute atomic E-state index is 0.157. The molecule has 19 heavy (non-hydrogen) atoms. The standard InChI is InChI=1S/C12H17ClN2O3S/c1-8-12(4-5-18-8)19(16,17)15-7-9-2-3-10(14)6-11(9)13/h2-3,6,8,12,15H,4-5,7,14H2,1H3/t8-,12+/m1/s1. The summed E-state index contributed by atoms with van der Waals surface area (Å²) in [5.74, 6) is 0. The van der Waals surface area contributed by atoms with E-state index in [9.17, 15) is 8.42 Å². The normalized spacial score (nSPS) is 23.7. The molecule has 1 aliphatic rings. The van der Waals surface area contributed by atoms with Gasteiger partial charge in [0, 0.05) is 23.9 Å². The number of nitrogens with one attached hydrogen (secondary N) is 1. The summed E-state index contributed by atoms with van der Waals surface area (Å²) >= 11 is 6.01. The van der Waals surface area contributed by atoms with E-state index in [4.69, 9.17) is 22.1 Å². The van der Waals surface area contributed by atoms with Crippen LogP contribution in [-0.2, 0) is 21.3 Å². The molecule has 2 rings (SSSR count). The molecule has 0 saturated carbocycles. The summed E-state index contributed by atoms with van der Waals surface area (Å²) in [6.45, 7) is 2.41. The van der Waals surface area contributed by atoms with Crippen LogP contribution < -0.4 is 10.5 Å². The molecule has 0 unspecified atom stereocenters. The maximum Gasteiger partial charge on any atom is 0.217 e. The molecule has 1 aromatic rings. The molecule has 1 fully saturated rings. The highest BCUT2D eigenvalue weighted by molar-refractivity contribution is 7.90. The molecular formula is C12H17ClN2O3S.